The van der Waals surface area contributed by atoms with Crippen LogP contribution in [0.25, 0.3) is 17.5 Å². The first-order valence-corrected chi connectivity index (χ1v) is 12.7. The van der Waals surface area contributed by atoms with E-state index >= 15 is 0 Å². The smallest absolute Gasteiger partial charge is 0.150 e. The second kappa shape index (κ2) is 13.6. The van der Waals surface area contributed by atoms with Crippen molar-refractivity contribution in [2.24, 2.45) is 16.6 Å². The molecule has 1 heterocycles. The predicted octanol–water partition coefficient (Wildman–Crippen LogP) is 7.14. The summed E-state index contributed by atoms with van der Waals surface area (Å²) in [6.45, 7) is 10.4. The van der Waals surface area contributed by atoms with Gasteiger partial charge in [-0.1, -0.05) is 100 Å². The lowest BCUT2D eigenvalue weighted by Gasteiger charge is -2.24. The second-order valence-electron chi connectivity index (χ2n) is 8.62. The maximum Gasteiger partial charge on any atom is 0.150 e. The predicted molar refractivity (Wildman–Crippen MR) is 148 cm³/mol. The number of benzene rings is 2. The number of nitrogens with two attached hydrogens (primary N) is 2. The molecule has 188 valence electrons. The average Bonchev–Trinajstić information content (AvgIpc) is 3.22. The Balaban J connectivity index is 0.000000803. The summed E-state index contributed by atoms with van der Waals surface area (Å²) in [6.07, 6.45) is 8.11. The van der Waals surface area contributed by atoms with Gasteiger partial charge in [-0.2, -0.15) is 0 Å². The Morgan fingerprint density at radius 3 is 2.09 bits per heavy atom. The van der Waals surface area contributed by atoms with Crippen LogP contribution >= 0.6 is 0 Å². The van der Waals surface area contributed by atoms with E-state index in [-0.39, 0.29) is 0 Å². The Labute approximate surface area is 210 Å². The molecular formula is C29H41N5O. The highest BCUT2D eigenvalue weighted by molar-refractivity contribution is 5.65. The molecule has 0 aliphatic heterocycles. The molecule has 6 nitrogen and oxygen atoms in total. The Morgan fingerprint density at radius 2 is 1.63 bits per heavy atom. The molecular weight excluding hydrogens is 434 g/mol. The number of nitroso groups, excluding NO2 is 1. The summed E-state index contributed by atoms with van der Waals surface area (Å²) in [5.41, 5.74) is 15.3. The maximum absolute atomic E-state index is 11.8. The average molecular weight is 476 g/mol. The molecule has 6 heteroatoms. The number of imidazole rings is 1. The van der Waals surface area contributed by atoms with E-state index < -0.39 is 5.54 Å². The van der Waals surface area contributed by atoms with E-state index in [1.807, 2.05) is 86.1 Å². The maximum atomic E-state index is 11.8. The summed E-state index contributed by atoms with van der Waals surface area (Å²) in [6, 6.07) is 17.5. The molecule has 1 saturated carbocycles. The number of hydrogen-bond acceptors (Lipinski definition) is 5. The van der Waals surface area contributed by atoms with Crippen molar-refractivity contribution in [1.29, 1.82) is 0 Å². The van der Waals surface area contributed by atoms with Crippen LogP contribution in [0.2, 0.25) is 0 Å². The molecule has 1 aromatic heterocycles. The quantitative estimate of drug-likeness (QED) is 0.355. The van der Waals surface area contributed by atoms with Crippen molar-refractivity contribution in [1.82, 2.24) is 9.55 Å². The van der Waals surface area contributed by atoms with Crippen molar-refractivity contribution in [3.8, 4) is 11.3 Å². The Morgan fingerprint density at radius 1 is 1.06 bits per heavy atom. The van der Waals surface area contributed by atoms with Gasteiger partial charge in [0.25, 0.3) is 0 Å². The van der Waals surface area contributed by atoms with E-state index in [4.69, 9.17) is 16.5 Å². The minimum Gasteiger partial charge on any atom is -0.403 e. The van der Waals surface area contributed by atoms with Gasteiger partial charge in [-0.3, -0.25) is 0 Å². The summed E-state index contributed by atoms with van der Waals surface area (Å²) in [4.78, 5) is 16.8. The first-order chi connectivity index (χ1) is 17.0. The summed E-state index contributed by atoms with van der Waals surface area (Å²) in [5, 5.41) is 3.47. The summed E-state index contributed by atoms with van der Waals surface area (Å²) in [7, 11) is 0. The van der Waals surface area contributed by atoms with E-state index in [1.54, 1.807) is 0 Å². The fraction of sp³-hybridized carbons (Fsp3) is 0.414. The Bertz CT molecular complexity index is 1070. The normalized spacial score (nSPS) is 14.7. The molecule has 4 N–H and O–H groups in total. The van der Waals surface area contributed by atoms with Gasteiger partial charge >= 0.3 is 0 Å². The Hall–Kier alpha value is -3.25. The van der Waals surface area contributed by atoms with Crippen LogP contribution in [0.1, 0.15) is 88.9 Å². The molecule has 3 aromatic rings. The third-order valence-corrected chi connectivity index (χ3v) is 6.18. The van der Waals surface area contributed by atoms with Crippen LogP contribution in [0, 0.1) is 4.91 Å². The zero-order valence-electron chi connectivity index (χ0n) is 21.9. The lowest BCUT2D eigenvalue weighted by Crippen LogP contribution is -2.20. The molecule has 1 atom stereocenters. The number of hydrogen-bond donors (Lipinski definition) is 2. The fourth-order valence-corrected chi connectivity index (χ4v) is 4.11. The van der Waals surface area contributed by atoms with Crippen LogP contribution in [-0.2, 0) is 12.1 Å². The highest BCUT2D eigenvalue weighted by atomic mass is 16.3. The lowest BCUT2D eigenvalue weighted by atomic mass is 9.85. The first kappa shape index (κ1) is 28.0. The molecule has 35 heavy (non-hydrogen) atoms. The van der Waals surface area contributed by atoms with Crippen molar-refractivity contribution in [3.63, 3.8) is 0 Å². The van der Waals surface area contributed by atoms with Crippen LogP contribution < -0.4 is 11.5 Å². The van der Waals surface area contributed by atoms with Gasteiger partial charge in [-0.15, -0.1) is 4.91 Å². The third kappa shape index (κ3) is 6.06. The SMILES string of the molecule is CC.CC(N=O)(c1ccccc1)c1ccc(-c2nc(C3CCC3)n(/C=C\N)c2CN)cc1.CCC. The fourth-order valence-electron chi connectivity index (χ4n) is 4.11. The van der Waals surface area contributed by atoms with Crippen LogP contribution in [0.4, 0.5) is 0 Å². The largest absolute Gasteiger partial charge is 0.403 e. The molecule has 4 rings (SSSR count). The highest BCUT2D eigenvalue weighted by Gasteiger charge is 2.31. The van der Waals surface area contributed by atoms with Gasteiger partial charge in [0.1, 0.15) is 11.4 Å². The summed E-state index contributed by atoms with van der Waals surface area (Å²) >= 11 is 0. The minimum absolute atomic E-state index is 0.360. The highest BCUT2D eigenvalue weighted by Crippen LogP contribution is 2.39. The molecule has 0 radical (unpaired) electrons. The zero-order valence-corrected chi connectivity index (χ0v) is 21.9. The number of aromatic nitrogens is 2. The monoisotopic (exact) mass is 475 g/mol. The zero-order chi connectivity index (χ0) is 25.8. The van der Waals surface area contributed by atoms with Crippen LogP contribution in [0.3, 0.4) is 0 Å². The van der Waals surface area contributed by atoms with Crippen molar-refractivity contribution < 1.29 is 0 Å². The Kier molecular flexibility index (Phi) is 10.9. The summed E-state index contributed by atoms with van der Waals surface area (Å²) < 4.78 is 2.04. The third-order valence-electron chi connectivity index (χ3n) is 6.18. The van der Waals surface area contributed by atoms with E-state index in [0.717, 1.165) is 46.7 Å². The molecule has 1 fully saturated rings. The van der Waals surface area contributed by atoms with Gasteiger partial charge in [0.15, 0.2) is 0 Å². The van der Waals surface area contributed by atoms with E-state index in [1.165, 1.54) is 19.0 Å². The molecule has 1 aliphatic rings. The van der Waals surface area contributed by atoms with Crippen LogP contribution in [0.5, 0.6) is 0 Å². The number of rotatable bonds is 7. The minimum atomic E-state index is -0.949. The van der Waals surface area contributed by atoms with E-state index in [2.05, 4.69) is 19.0 Å². The first-order valence-electron chi connectivity index (χ1n) is 12.7. The molecule has 1 unspecified atom stereocenters. The van der Waals surface area contributed by atoms with Crippen molar-refractivity contribution in [2.75, 3.05) is 0 Å². The second-order valence-corrected chi connectivity index (χ2v) is 8.62. The van der Waals surface area contributed by atoms with Crippen LogP contribution in [0.15, 0.2) is 66.0 Å². The van der Waals surface area contributed by atoms with Gasteiger partial charge < -0.3 is 16.0 Å². The van der Waals surface area contributed by atoms with Crippen molar-refractivity contribution in [3.05, 3.63) is 88.3 Å². The molecule has 2 aromatic carbocycles. The molecule has 0 spiro atoms. The van der Waals surface area contributed by atoms with Gasteiger partial charge in [0, 0.05) is 30.4 Å². The van der Waals surface area contributed by atoms with Gasteiger partial charge in [0.2, 0.25) is 0 Å². The summed E-state index contributed by atoms with van der Waals surface area (Å²) in [5.74, 6) is 1.46. The number of nitrogens with zero attached hydrogens (tertiary/aromatic N) is 3. The van der Waals surface area contributed by atoms with Crippen LogP contribution in [-0.4, -0.2) is 9.55 Å². The molecule has 0 bridgehead atoms. The van der Waals surface area contributed by atoms with E-state index in [9.17, 15) is 4.91 Å². The van der Waals surface area contributed by atoms with Gasteiger partial charge in [-0.25, -0.2) is 4.98 Å². The van der Waals surface area contributed by atoms with Gasteiger partial charge in [-0.05, 0) is 30.9 Å². The van der Waals surface area contributed by atoms with Crippen molar-refractivity contribution >= 4 is 6.20 Å². The lowest BCUT2D eigenvalue weighted by molar-refractivity contribution is 0.398. The molecule has 0 amide bonds. The van der Waals surface area contributed by atoms with Crippen molar-refractivity contribution in [2.45, 2.75) is 78.3 Å². The topological polar surface area (TPSA) is 99.3 Å². The van der Waals surface area contributed by atoms with Gasteiger partial charge in [0.05, 0.1) is 11.4 Å². The van der Waals surface area contributed by atoms with E-state index in [0.29, 0.717) is 12.5 Å². The molecule has 1 aliphatic carbocycles. The standard InChI is InChI=1S/C24H27N5O.C3H8.C2H6/c1-24(28-30,19-8-3-2-4-9-19)20-12-10-17(11-13-20)22-21(16-26)29(15-14-25)23(27-22)18-6-5-7-18;1-3-2;1-2/h2-4,8-15,18H,5-7,16,25-26H2,1H3;3H2,1-2H3;1-2H3/b15-14-;;. The molecule has 0 saturated heterocycles.